The van der Waals surface area contributed by atoms with E-state index in [1.165, 1.54) is 12.4 Å². The predicted molar refractivity (Wildman–Crippen MR) is 81.7 cm³/mol. The number of aliphatic hydroxyl groups excluding tert-OH is 1. The van der Waals surface area contributed by atoms with Gasteiger partial charge in [-0.05, 0) is 19.4 Å². The minimum absolute atomic E-state index is 0.00776. The van der Waals surface area contributed by atoms with Gasteiger partial charge in [0.25, 0.3) is 0 Å². The van der Waals surface area contributed by atoms with Crippen molar-refractivity contribution in [3.8, 4) is 17.1 Å². The van der Waals surface area contributed by atoms with Crippen molar-refractivity contribution in [2.45, 2.75) is 26.0 Å². The summed E-state index contributed by atoms with van der Waals surface area (Å²) >= 11 is 5.91. The molecule has 2 aromatic heterocycles. The predicted octanol–water partition coefficient (Wildman–Crippen LogP) is 2.98. The Morgan fingerprint density at radius 2 is 2.04 bits per heavy atom. The number of aliphatic hydroxyl groups is 1. The van der Waals surface area contributed by atoms with E-state index >= 15 is 0 Å². The molecule has 0 spiro atoms. The lowest BCUT2D eigenvalue weighted by Gasteiger charge is -2.17. The highest BCUT2D eigenvalue weighted by Crippen LogP contribution is 2.28. The van der Waals surface area contributed by atoms with Crippen LogP contribution in [0.1, 0.15) is 13.3 Å². The number of alkyl halides is 2. The highest BCUT2D eigenvalue weighted by atomic mass is 35.5. The van der Waals surface area contributed by atoms with Crippen LogP contribution in [0.25, 0.3) is 11.3 Å². The summed E-state index contributed by atoms with van der Waals surface area (Å²) in [6.45, 7) is -1.01. The van der Waals surface area contributed by atoms with E-state index in [0.717, 1.165) is 6.20 Å². The Bertz CT molecular complexity index is 643. The summed E-state index contributed by atoms with van der Waals surface area (Å²) in [4.78, 5) is 11.8. The topological polar surface area (TPSA) is 80.2 Å². The average molecular weight is 345 g/mol. The smallest absolute Gasteiger partial charge is 0.388 e. The van der Waals surface area contributed by atoms with Crippen molar-refractivity contribution in [1.29, 1.82) is 0 Å². The molecule has 0 aliphatic heterocycles. The first-order valence-electron chi connectivity index (χ1n) is 6.79. The zero-order chi connectivity index (χ0) is 16.8. The summed E-state index contributed by atoms with van der Waals surface area (Å²) in [5.74, 6) is -0.270. The van der Waals surface area contributed by atoms with Crippen molar-refractivity contribution in [3.63, 3.8) is 0 Å². The Morgan fingerprint density at radius 1 is 1.26 bits per heavy atom. The molecule has 0 fully saturated rings. The van der Waals surface area contributed by atoms with Crippen LogP contribution in [0.3, 0.4) is 0 Å². The van der Waals surface area contributed by atoms with Crippen LogP contribution < -0.4 is 10.1 Å². The van der Waals surface area contributed by atoms with Gasteiger partial charge in [-0.3, -0.25) is 0 Å². The van der Waals surface area contributed by atoms with Crippen molar-refractivity contribution in [3.05, 3.63) is 29.8 Å². The van der Waals surface area contributed by atoms with Gasteiger partial charge in [-0.15, -0.1) is 0 Å². The molecular formula is C14H15ClF2N4O2. The molecule has 0 saturated heterocycles. The second-order valence-electron chi connectivity index (χ2n) is 4.73. The first-order chi connectivity index (χ1) is 11.0. The molecule has 124 valence electrons. The number of pyridine rings is 1. The van der Waals surface area contributed by atoms with Crippen molar-refractivity contribution < 1.29 is 18.6 Å². The first kappa shape index (κ1) is 17.3. The lowest BCUT2D eigenvalue weighted by Crippen LogP contribution is -2.17. The van der Waals surface area contributed by atoms with Gasteiger partial charge < -0.3 is 15.2 Å². The maximum absolute atomic E-state index is 12.1. The zero-order valence-electron chi connectivity index (χ0n) is 12.2. The molecule has 6 nitrogen and oxygen atoms in total. The molecule has 0 amide bonds. The molecular weight excluding hydrogens is 330 g/mol. The molecule has 2 N–H and O–H groups in total. The maximum atomic E-state index is 12.1. The van der Waals surface area contributed by atoms with Crippen molar-refractivity contribution >= 4 is 17.3 Å². The van der Waals surface area contributed by atoms with Crippen LogP contribution in [-0.2, 0) is 0 Å². The molecule has 23 heavy (non-hydrogen) atoms. The van der Waals surface area contributed by atoms with Gasteiger partial charge in [-0.1, -0.05) is 11.6 Å². The van der Waals surface area contributed by atoms with Gasteiger partial charge in [-0.2, -0.15) is 8.78 Å². The average Bonchev–Trinajstić information content (AvgIpc) is 2.48. The normalized spacial score (nSPS) is 12.3. The number of hydrogen-bond acceptors (Lipinski definition) is 6. The molecule has 0 aliphatic carbocycles. The number of nitrogens with one attached hydrogen (secondary N) is 1. The fourth-order valence-corrected chi connectivity index (χ4v) is 2.05. The van der Waals surface area contributed by atoms with Gasteiger partial charge in [0.2, 0.25) is 5.88 Å². The fourth-order valence-electron chi connectivity index (χ4n) is 1.89. The number of anilines is 1. The minimum atomic E-state index is -2.95. The molecule has 2 aromatic rings. The van der Waals surface area contributed by atoms with E-state index in [9.17, 15) is 8.78 Å². The van der Waals surface area contributed by atoms with E-state index < -0.39 is 6.61 Å². The highest BCUT2D eigenvalue weighted by Gasteiger charge is 2.12. The first-order valence-corrected chi connectivity index (χ1v) is 7.17. The lowest BCUT2D eigenvalue weighted by atomic mass is 10.1. The summed E-state index contributed by atoms with van der Waals surface area (Å²) in [5, 5.41) is 12.5. The Labute approximate surface area is 136 Å². The van der Waals surface area contributed by atoms with Crippen molar-refractivity contribution in [2.24, 2.45) is 0 Å². The van der Waals surface area contributed by atoms with E-state index in [2.05, 4.69) is 25.0 Å². The molecule has 1 atom stereocenters. The second-order valence-corrected chi connectivity index (χ2v) is 5.12. The van der Waals surface area contributed by atoms with Gasteiger partial charge in [0, 0.05) is 30.1 Å². The van der Waals surface area contributed by atoms with E-state index in [4.69, 9.17) is 16.7 Å². The highest BCUT2D eigenvalue weighted by molar-refractivity contribution is 6.29. The molecule has 0 aromatic carbocycles. The van der Waals surface area contributed by atoms with Crippen LogP contribution in [-0.4, -0.2) is 39.3 Å². The number of hydrogen-bond donors (Lipinski definition) is 2. The quantitative estimate of drug-likeness (QED) is 0.752. The van der Waals surface area contributed by atoms with Crippen LogP contribution in [0.15, 0.2) is 24.7 Å². The molecule has 2 heterocycles. The number of aromatic nitrogens is 3. The molecule has 0 saturated carbocycles. The van der Waals surface area contributed by atoms with Gasteiger partial charge in [0.05, 0.1) is 18.1 Å². The maximum Gasteiger partial charge on any atom is 0.388 e. The van der Waals surface area contributed by atoms with E-state index in [0.29, 0.717) is 23.4 Å². The third-order valence-electron chi connectivity index (χ3n) is 2.95. The minimum Gasteiger partial charge on any atom is -0.415 e. The van der Waals surface area contributed by atoms with Crippen LogP contribution >= 0.6 is 11.6 Å². The van der Waals surface area contributed by atoms with Crippen LogP contribution in [0.5, 0.6) is 5.88 Å². The Hall–Kier alpha value is -2.06. The summed E-state index contributed by atoms with van der Waals surface area (Å²) in [7, 11) is 0. The van der Waals surface area contributed by atoms with E-state index in [1.807, 2.05) is 6.92 Å². The molecule has 0 aliphatic rings. The largest absolute Gasteiger partial charge is 0.415 e. The summed E-state index contributed by atoms with van der Waals surface area (Å²) in [5.41, 5.74) is 1.69. The molecule has 2 rings (SSSR count). The molecule has 9 heteroatoms. The second kappa shape index (κ2) is 7.98. The lowest BCUT2D eigenvalue weighted by molar-refractivity contribution is -0.0530. The van der Waals surface area contributed by atoms with E-state index in [1.54, 1.807) is 6.07 Å². The molecule has 0 radical (unpaired) electrons. The van der Waals surface area contributed by atoms with Crippen molar-refractivity contribution in [2.75, 3.05) is 11.9 Å². The van der Waals surface area contributed by atoms with Crippen LogP contribution in [0.2, 0.25) is 5.15 Å². The third-order valence-corrected chi connectivity index (χ3v) is 3.16. The number of halogens is 3. The van der Waals surface area contributed by atoms with Gasteiger partial charge in [-0.25, -0.2) is 15.0 Å². The fraction of sp³-hybridized carbons (Fsp3) is 0.357. The summed E-state index contributed by atoms with van der Waals surface area (Å²) in [6.07, 6.45) is 4.47. The summed E-state index contributed by atoms with van der Waals surface area (Å²) in [6, 6.07) is 1.61. The van der Waals surface area contributed by atoms with Crippen LogP contribution in [0, 0.1) is 0 Å². The number of ether oxygens (including phenoxy) is 1. The number of nitrogens with zero attached hydrogens (tertiary/aromatic N) is 3. The van der Waals surface area contributed by atoms with Gasteiger partial charge in [0.15, 0.2) is 0 Å². The van der Waals surface area contributed by atoms with Gasteiger partial charge in [0.1, 0.15) is 5.15 Å². The Morgan fingerprint density at radius 3 is 2.65 bits per heavy atom. The van der Waals surface area contributed by atoms with Crippen LogP contribution in [0.4, 0.5) is 14.5 Å². The van der Waals surface area contributed by atoms with Crippen molar-refractivity contribution in [1.82, 2.24) is 15.0 Å². The standard InChI is InChI=1S/C14H15ClF2N4O2/c1-8(2-3-22)21-10-4-12(15)19-5-9(10)11-6-20-13(7-18-11)23-14(16)17/h4-8,14,22H,2-3H2,1H3,(H,19,21)/t8-/m0/s1. The van der Waals surface area contributed by atoms with E-state index in [-0.39, 0.29) is 23.7 Å². The number of rotatable bonds is 7. The summed E-state index contributed by atoms with van der Waals surface area (Å²) < 4.78 is 28.4. The Balaban J connectivity index is 2.27. The SMILES string of the molecule is C[C@@H](CCO)Nc1cc(Cl)ncc1-c1cnc(OC(F)F)cn1. The monoisotopic (exact) mass is 344 g/mol. The zero-order valence-corrected chi connectivity index (χ0v) is 13.0. The molecule has 0 bridgehead atoms. The Kier molecular flexibility index (Phi) is 6.00. The third kappa shape index (κ3) is 4.97. The van der Waals surface area contributed by atoms with Gasteiger partial charge >= 0.3 is 6.61 Å². The molecule has 0 unspecified atom stereocenters.